The summed E-state index contributed by atoms with van der Waals surface area (Å²) in [7, 11) is 1.64. The lowest BCUT2D eigenvalue weighted by Crippen LogP contribution is -2.16. The fourth-order valence-corrected chi connectivity index (χ4v) is 3.72. The number of thiazole rings is 1. The molecule has 0 bridgehead atoms. The lowest BCUT2D eigenvalue weighted by Gasteiger charge is -2.02. The van der Waals surface area contributed by atoms with Gasteiger partial charge in [-0.3, -0.25) is 4.79 Å². The van der Waals surface area contributed by atoms with Gasteiger partial charge >= 0.3 is 0 Å². The number of amides is 1. The SMILES string of the molecule is C=CCn1c(=NC(=O)CCc2ccccc2)sc2cc(OC)ccc21. The second-order valence-corrected chi connectivity index (χ2v) is 6.62. The summed E-state index contributed by atoms with van der Waals surface area (Å²) in [5.74, 6) is 0.682. The zero-order valence-corrected chi connectivity index (χ0v) is 15.0. The van der Waals surface area contributed by atoms with Crippen LogP contribution in [0, 0.1) is 0 Å². The summed E-state index contributed by atoms with van der Waals surface area (Å²) in [6, 6.07) is 15.8. The van der Waals surface area contributed by atoms with Gasteiger partial charge in [0.2, 0.25) is 5.91 Å². The third-order valence-electron chi connectivity index (χ3n) is 3.89. The zero-order valence-electron chi connectivity index (χ0n) is 14.1. The van der Waals surface area contributed by atoms with E-state index in [-0.39, 0.29) is 5.91 Å². The van der Waals surface area contributed by atoms with Crippen molar-refractivity contribution in [3.05, 3.63) is 71.6 Å². The maximum Gasteiger partial charge on any atom is 0.248 e. The number of hydrogen-bond donors (Lipinski definition) is 0. The van der Waals surface area contributed by atoms with Gasteiger partial charge < -0.3 is 9.30 Å². The molecule has 0 saturated carbocycles. The van der Waals surface area contributed by atoms with Gasteiger partial charge in [-0.15, -0.1) is 6.58 Å². The van der Waals surface area contributed by atoms with Crippen molar-refractivity contribution in [3.8, 4) is 5.75 Å². The minimum atomic E-state index is -0.111. The van der Waals surface area contributed by atoms with Crippen molar-refractivity contribution < 1.29 is 9.53 Å². The zero-order chi connectivity index (χ0) is 17.6. The van der Waals surface area contributed by atoms with Gasteiger partial charge in [-0.05, 0) is 30.2 Å². The monoisotopic (exact) mass is 352 g/mol. The summed E-state index contributed by atoms with van der Waals surface area (Å²) < 4.78 is 8.32. The number of carbonyl (C=O) groups is 1. The molecule has 2 aromatic carbocycles. The first-order chi connectivity index (χ1) is 12.2. The first kappa shape index (κ1) is 17.2. The molecule has 0 aliphatic heterocycles. The van der Waals surface area contributed by atoms with Crippen LogP contribution in [0.1, 0.15) is 12.0 Å². The number of benzene rings is 2. The lowest BCUT2D eigenvalue weighted by molar-refractivity contribution is -0.118. The van der Waals surface area contributed by atoms with Crippen molar-refractivity contribution in [2.45, 2.75) is 19.4 Å². The van der Waals surface area contributed by atoms with Crippen LogP contribution in [0.3, 0.4) is 0 Å². The molecule has 1 aromatic heterocycles. The third-order valence-corrected chi connectivity index (χ3v) is 4.93. The van der Waals surface area contributed by atoms with Gasteiger partial charge in [-0.2, -0.15) is 4.99 Å². The minimum Gasteiger partial charge on any atom is -0.497 e. The van der Waals surface area contributed by atoms with Gasteiger partial charge in [0.1, 0.15) is 5.75 Å². The van der Waals surface area contributed by atoms with Crippen molar-refractivity contribution >= 4 is 27.5 Å². The highest BCUT2D eigenvalue weighted by Crippen LogP contribution is 2.23. The standard InChI is InChI=1S/C20H20N2O2S/c1-3-13-22-17-11-10-16(24-2)14-18(17)25-20(22)21-19(23)12-9-15-7-5-4-6-8-15/h3-8,10-11,14H,1,9,12-13H2,2H3. The van der Waals surface area contributed by atoms with E-state index in [1.165, 1.54) is 11.3 Å². The molecule has 0 spiro atoms. The number of hydrogen-bond acceptors (Lipinski definition) is 3. The second-order valence-electron chi connectivity index (χ2n) is 5.61. The van der Waals surface area contributed by atoms with Crippen LogP contribution >= 0.6 is 11.3 Å². The van der Waals surface area contributed by atoms with E-state index >= 15 is 0 Å². The third kappa shape index (κ3) is 4.06. The van der Waals surface area contributed by atoms with Crippen LogP contribution in [-0.2, 0) is 17.8 Å². The molecule has 3 rings (SSSR count). The summed E-state index contributed by atoms with van der Waals surface area (Å²) in [4.78, 5) is 17.4. The van der Waals surface area contributed by atoms with E-state index in [9.17, 15) is 4.79 Å². The first-order valence-electron chi connectivity index (χ1n) is 8.11. The quantitative estimate of drug-likeness (QED) is 0.630. The van der Waals surface area contributed by atoms with Crippen molar-refractivity contribution in [1.29, 1.82) is 0 Å². The smallest absolute Gasteiger partial charge is 0.248 e. The molecule has 1 heterocycles. The molecular formula is C20H20N2O2S. The number of rotatable bonds is 6. The predicted molar refractivity (Wildman–Crippen MR) is 102 cm³/mol. The molecule has 0 aliphatic rings. The maximum atomic E-state index is 12.3. The summed E-state index contributed by atoms with van der Waals surface area (Å²) in [6.45, 7) is 4.41. The van der Waals surface area contributed by atoms with Crippen LogP contribution in [0.25, 0.3) is 10.2 Å². The number of fused-ring (bicyclic) bond motifs is 1. The second kappa shape index (κ2) is 7.94. The molecule has 0 atom stereocenters. The van der Waals surface area contributed by atoms with E-state index in [4.69, 9.17) is 4.74 Å². The van der Waals surface area contributed by atoms with Crippen LogP contribution in [0.4, 0.5) is 0 Å². The Hall–Kier alpha value is -2.66. The predicted octanol–water partition coefficient (Wildman–Crippen LogP) is 3.96. The maximum absolute atomic E-state index is 12.3. The average Bonchev–Trinajstić information content (AvgIpc) is 2.97. The highest BCUT2D eigenvalue weighted by Gasteiger charge is 2.08. The van der Waals surface area contributed by atoms with Crippen molar-refractivity contribution in [2.75, 3.05) is 7.11 Å². The first-order valence-corrected chi connectivity index (χ1v) is 8.92. The van der Waals surface area contributed by atoms with Crippen molar-refractivity contribution in [2.24, 2.45) is 4.99 Å². The van der Waals surface area contributed by atoms with Gasteiger partial charge in [-0.25, -0.2) is 0 Å². The number of aromatic nitrogens is 1. The number of aryl methyl sites for hydroxylation is 1. The van der Waals surface area contributed by atoms with E-state index < -0.39 is 0 Å². The molecule has 4 nitrogen and oxygen atoms in total. The number of nitrogens with zero attached hydrogens (tertiary/aromatic N) is 2. The fraction of sp³-hybridized carbons (Fsp3) is 0.200. The molecule has 128 valence electrons. The Kier molecular flexibility index (Phi) is 5.46. The van der Waals surface area contributed by atoms with Crippen LogP contribution in [-0.4, -0.2) is 17.6 Å². The lowest BCUT2D eigenvalue weighted by atomic mass is 10.1. The molecule has 0 N–H and O–H groups in total. The van der Waals surface area contributed by atoms with Gasteiger partial charge in [0.15, 0.2) is 4.80 Å². The van der Waals surface area contributed by atoms with E-state index in [1.54, 1.807) is 7.11 Å². The Balaban J connectivity index is 1.90. The van der Waals surface area contributed by atoms with E-state index in [0.29, 0.717) is 24.2 Å². The van der Waals surface area contributed by atoms with Gasteiger partial charge in [0.25, 0.3) is 0 Å². The number of carbonyl (C=O) groups excluding carboxylic acids is 1. The average molecular weight is 352 g/mol. The number of allylic oxidation sites excluding steroid dienone is 1. The molecule has 0 unspecified atom stereocenters. The number of ether oxygens (including phenoxy) is 1. The highest BCUT2D eigenvalue weighted by molar-refractivity contribution is 7.16. The normalized spacial score (nSPS) is 11.6. The molecular weight excluding hydrogens is 332 g/mol. The van der Waals surface area contributed by atoms with Crippen molar-refractivity contribution in [3.63, 3.8) is 0 Å². The van der Waals surface area contributed by atoms with Gasteiger partial charge in [0, 0.05) is 13.0 Å². The molecule has 1 amide bonds. The summed E-state index contributed by atoms with van der Waals surface area (Å²) in [6.07, 6.45) is 2.91. The Morgan fingerprint density at radius 3 is 2.80 bits per heavy atom. The van der Waals surface area contributed by atoms with E-state index in [2.05, 4.69) is 11.6 Å². The molecule has 25 heavy (non-hydrogen) atoms. The van der Waals surface area contributed by atoms with Gasteiger partial charge in [-0.1, -0.05) is 47.7 Å². The highest BCUT2D eigenvalue weighted by atomic mass is 32.1. The Labute approximate surface area is 150 Å². The molecule has 0 radical (unpaired) electrons. The summed E-state index contributed by atoms with van der Waals surface area (Å²) in [5.41, 5.74) is 2.17. The van der Waals surface area contributed by atoms with Crippen LogP contribution < -0.4 is 9.54 Å². The summed E-state index contributed by atoms with van der Waals surface area (Å²) >= 11 is 1.49. The Morgan fingerprint density at radius 2 is 2.08 bits per heavy atom. The van der Waals surface area contributed by atoms with Crippen LogP contribution in [0.2, 0.25) is 0 Å². The molecule has 0 fully saturated rings. The molecule has 0 saturated heterocycles. The van der Waals surface area contributed by atoms with Crippen molar-refractivity contribution in [1.82, 2.24) is 4.57 Å². The number of methoxy groups -OCH3 is 1. The Bertz CT molecular complexity index is 955. The largest absolute Gasteiger partial charge is 0.497 e. The molecule has 5 heteroatoms. The Morgan fingerprint density at radius 1 is 1.28 bits per heavy atom. The van der Waals surface area contributed by atoms with Crippen LogP contribution in [0.15, 0.2) is 66.2 Å². The van der Waals surface area contributed by atoms with Crippen LogP contribution in [0.5, 0.6) is 5.75 Å². The molecule has 3 aromatic rings. The summed E-state index contributed by atoms with van der Waals surface area (Å²) in [5, 5.41) is 0. The minimum absolute atomic E-state index is 0.111. The fourth-order valence-electron chi connectivity index (χ4n) is 2.63. The van der Waals surface area contributed by atoms with E-state index in [1.807, 2.05) is 59.2 Å². The molecule has 0 aliphatic carbocycles. The van der Waals surface area contributed by atoms with E-state index in [0.717, 1.165) is 21.5 Å². The van der Waals surface area contributed by atoms with Gasteiger partial charge in [0.05, 0.1) is 17.3 Å². The topological polar surface area (TPSA) is 43.6 Å².